The summed E-state index contributed by atoms with van der Waals surface area (Å²) >= 11 is 0. The third kappa shape index (κ3) is 4.73. The quantitative estimate of drug-likeness (QED) is 0.406. The maximum atomic E-state index is 6.50. The van der Waals surface area contributed by atoms with Crippen LogP contribution in [0.2, 0.25) is 0 Å². The molecule has 0 atom stereocenters. The van der Waals surface area contributed by atoms with Gasteiger partial charge in [-0.15, -0.1) is 0 Å². The average molecular weight is 487 g/mol. The zero-order chi connectivity index (χ0) is 25.5. The van der Waals surface area contributed by atoms with E-state index in [4.69, 9.17) is 4.74 Å². The van der Waals surface area contributed by atoms with Crippen molar-refractivity contribution in [2.45, 2.75) is 53.4 Å². The molecular weight excluding hydrogens is 450 g/mol. The van der Waals surface area contributed by atoms with Crippen LogP contribution in [-0.2, 0) is 17.6 Å². The molecule has 3 aliphatic rings. The van der Waals surface area contributed by atoms with Gasteiger partial charge >= 0.3 is 0 Å². The van der Waals surface area contributed by atoms with Crippen molar-refractivity contribution < 1.29 is 4.74 Å². The van der Waals surface area contributed by atoms with E-state index in [1.54, 1.807) is 0 Å². The zero-order valence-corrected chi connectivity index (χ0v) is 22.5. The fraction of sp³-hybridized carbons (Fsp3) is 0.286. The second kappa shape index (κ2) is 9.67. The molecule has 0 fully saturated rings. The van der Waals surface area contributed by atoms with Gasteiger partial charge in [-0.3, -0.25) is 0 Å². The van der Waals surface area contributed by atoms with Crippen molar-refractivity contribution in [1.82, 2.24) is 4.58 Å². The zero-order valence-electron chi connectivity index (χ0n) is 22.5. The molecule has 186 valence electrons. The minimum absolute atomic E-state index is 0.872. The maximum Gasteiger partial charge on any atom is 0.206 e. The number of allylic oxidation sites excluding steroid dienone is 4. The normalized spacial score (nSPS) is 17.6. The largest absolute Gasteiger partial charge is 0.457 e. The van der Waals surface area contributed by atoms with Gasteiger partial charge in [-0.05, 0) is 116 Å². The fourth-order valence-corrected chi connectivity index (χ4v) is 5.83. The maximum absolute atomic E-state index is 6.50. The summed E-state index contributed by atoms with van der Waals surface area (Å²) < 4.78 is 9.10. The number of nitrogens with zero attached hydrogens (tertiary/aromatic N) is 1. The Balaban J connectivity index is 1.44. The molecule has 3 aromatic carbocycles. The molecule has 0 amide bonds. The molecule has 0 unspecified atom stereocenters. The minimum atomic E-state index is 0.872. The predicted octanol–water partition coefficient (Wildman–Crippen LogP) is 6.12. The first-order valence-corrected chi connectivity index (χ1v) is 13.7. The van der Waals surface area contributed by atoms with E-state index in [0.717, 1.165) is 17.1 Å². The lowest BCUT2D eigenvalue weighted by molar-refractivity contribution is 0.398. The highest BCUT2D eigenvalue weighted by Crippen LogP contribution is 2.33. The number of aryl methyl sites for hydroxylation is 6. The summed E-state index contributed by atoms with van der Waals surface area (Å²) in [6.07, 6.45) is 13.6. The van der Waals surface area contributed by atoms with Gasteiger partial charge in [-0.2, -0.15) is 0 Å². The van der Waals surface area contributed by atoms with Crippen LogP contribution >= 0.6 is 0 Å². The Bertz CT molecular complexity index is 1590. The summed E-state index contributed by atoms with van der Waals surface area (Å²) in [6.45, 7) is 11.1. The lowest BCUT2D eigenvalue weighted by Crippen LogP contribution is -2.44. The first-order valence-electron chi connectivity index (χ1n) is 13.7. The van der Waals surface area contributed by atoms with Crippen LogP contribution in [-0.4, -0.2) is 13.1 Å². The van der Waals surface area contributed by atoms with Crippen LogP contribution in [0.5, 0.6) is 0 Å². The molecule has 3 aromatic rings. The van der Waals surface area contributed by atoms with E-state index in [0.29, 0.717) is 0 Å². The highest BCUT2D eigenvalue weighted by Gasteiger charge is 2.23. The summed E-state index contributed by atoms with van der Waals surface area (Å²) in [6, 6.07) is 18.1. The second-order valence-corrected chi connectivity index (χ2v) is 10.9. The predicted molar refractivity (Wildman–Crippen MR) is 155 cm³/mol. The Kier molecular flexibility index (Phi) is 6.20. The van der Waals surface area contributed by atoms with E-state index in [2.05, 4.69) is 105 Å². The number of hydrogen-bond donors (Lipinski definition) is 0. The van der Waals surface area contributed by atoms with Crippen molar-refractivity contribution in [3.8, 4) is 0 Å². The van der Waals surface area contributed by atoms with Gasteiger partial charge in [-0.25, -0.2) is 4.58 Å². The van der Waals surface area contributed by atoms with Crippen LogP contribution in [0.15, 0.2) is 72.5 Å². The van der Waals surface area contributed by atoms with Crippen molar-refractivity contribution in [3.63, 3.8) is 0 Å². The lowest BCUT2D eigenvalue weighted by Gasteiger charge is -2.19. The van der Waals surface area contributed by atoms with Crippen LogP contribution in [0.25, 0.3) is 17.4 Å². The summed E-state index contributed by atoms with van der Waals surface area (Å²) in [4.78, 5) is 0. The first-order chi connectivity index (χ1) is 17.9. The van der Waals surface area contributed by atoms with E-state index in [1.807, 2.05) is 0 Å². The molecule has 3 heterocycles. The number of hydrogen-bond acceptors (Lipinski definition) is 1. The molecule has 0 spiro atoms. The van der Waals surface area contributed by atoms with E-state index in [1.165, 1.54) is 93.9 Å². The molecule has 6 rings (SSSR count). The molecule has 0 saturated carbocycles. The Morgan fingerprint density at radius 1 is 0.676 bits per heavy atom. The molecule has 3 aliphatic heterocycles. The molecule has 0 radical (unpaired) electrons. The van der Waals surface area contributed by atoms with E-state index in [9.17, 15) is 0 Å². The highest BCUT2D eigenvalue weighted by molar-refractivity contribution is 5.86. The third-order valence-corrected chi connectivity index (χ3v) is 8.24. The van der Waals surface area contributed by atoms with Crippen LogP contribution in [0.1, 0.15) is 57.3 Å². The van der Waals surface area contributed by atoms with Gasteiger partial charge in [-0.1, -0.05) is 36.4 Å². The Morgan fingerprint density at radius 3 is 1.95 bits per heavy atom. The summed E-state index contributed by atoms with van der Waals surface area (Å²) in [5, 5.41) is 2.80. The number of rotatable bonds is 3. The Morgan fingerprint density at radius 2 is 1.30 bits per heavy atom. The molecule has 0 bridgehead atoms. The van der Waals surface area contributed by atoms with Gasteiger partial charge < -0.3 is 4.74 Å². The van der Waals surface area contributed by atoms with Crippen LogP contribution in [0, 0.1) is 27.7 Å². The number of benzene rings is 3. The smallest absolute Gasteiger partial charge is 0.206 e. The van der Waals surface area contributed by atoms with Gasteiger partial charge in [0.05, 0.1) is 0 Å². The highest BCUT2D eigenvalue weighted by atomic mass is 16.5. The Labute approximate surface area is 220 Å². The average Bonchev–Trinajstić information content (AvgIpc) is 2.91. The van der Waals surface area contributed by atoms with Crippen molar-refractivity contribution in [3.05, 3.63) is 128 Å². The summed E-state index contributed by atoms with van der Waals surface area (Å²) in [5.41, 5.74) is 11.7. The standard InChI is InChI=1S/C35H36NO/c1-23-9-12-28(17-25(23)3)32-21-33(37-34(22-32)29-13-10-24(2)26(4)18-29)14-11-27-19-30-7-5-15-36-16-6-8-31(20-27)35(30)36/h9-14,17-22H,5-8,15-16H2,1-4H3/q+1. The fourth-order valence-electron chi connectivity index (χ4n) is 5.83. The molecule has 0 aromatic heterocycles. The van der Waals surface area contributed by atoms with Crippen molar-refractivity contribution >= 4 is 17.4 Å². The van der Waals surface area contributed by atoms with Gasteiger partial charge in [0.1, 0.15) is 24.6 Å². The SMILES string of the molecule is Cc1ccc(C2=CC(=CC=c3cc4c5c(c3)CCC[N+]=5CCC4)OC(c3ccc(C)c(C)c3)=C2)cc1C. The molecule has 2 nitrogen and oxygen atoms in total. The minimum Gasteiger partial charge on any atom is -0.457 e. The van der Waals surface area contributed by atoms with Crippen molar-refractivity contribution in [2.75, 3.05) is 13.1 Å². The van der Waals surface area contributed by atoms with Crippen LogP contribution in [0.4, 0.5) is 0 Å². The Hall–Kier alpha value is -3.65. The summed E-state index contributed by atoms with van der Waals surface area (Å²) in [7, 11) is 0. The molecular formula is C35H36NO+. The van der Waals surface area contributed by atoms with Crippen molar-refractivity contribution in [2.24, 2.45) is 0 Å². The second-order valence-electron chi connectivity index (χ2n) is 10.9. The summed E-state index contributed by atoms with van der Waals surface area (Å²) in [5.74, 6) is 1.77. The van der Waals surface area contributed by atoms with Crippen molar-refractivity contribution in [1.29, 1.82) is 0 Å². The molecule has 0 aliphatic carbocycles. The molecule has 2 heteroatoms. The van der Waals surface area contributed by atoms with E-state index in [-0.39, 0.29) is 0 Å². The topological polar surface area (TPSA) is 12.2 Å². The lowest BCUT2D eigenvalue weighted by atomic mass is 9.95. The van der Waals surface area contributed by atoms with E-state index < -0.39 is 0 Å². The van der Waals surface area contributed by atoms with Crippen LogP contribution in [0.3, 0.4) is 0 Å². The molecule has 37 heavy (non-hydrogen) atoms. The first kappa shape index (κ1) is 23.7. The van der Waals surface area contributed by atoms with E-state index >= 15 is 0 Å². The van der Waals surface area contributed by atoms with Crippen LogP contribution < -0.4 is 15.2 Å². The van der Waals surface area contributed by atoms with Gasteiger partial charge in [0, 0.05) is 29.5 Å². The molecule has 0 N–H and O–H groups in total. The van der Waals surface area contributed by atoms with Gasteiger partial charge in [0.2, 0.25) is 5.36 Å². The molecule has 0 saturated heterocycles. The number of ether oxygens (including phenoxy) is 1. The monoisotopic (exact) mass is 486 g/mol. The van der Waals surface area contributed by atoms with Gasteiger partial charge in [0.15, 0.2) is 0 Å². The van der Waals surface area contributed by atoms with Gasteiger partial charge in [0.25, 0.3) is 0 Å². The third-order valence-electron chi connectivity index (χ3n) is 8.24.